The van der Waals surface area contributed by atoms with E-state index in [-0.39, 0.29) is 6.92 Å². The van der Waals surface area contributed by atoms with E-state index in [1.165, 1.54) is 0 Å². The molecule has 0 aromatic rings. The van der Waals surface area contributed by atoms with Gasteiger partial charge in [-0.25, -0.2) is 9.18 Å². The largest absolute Gasteiger partial charge is 0.463 e. The first-order valence-electron chi connectivity index (χ1n) is 9.13. The first kappa shape index (κ1) is 39.7. The molecule has 0 aliphatic rings. The predicted octanol–water partition coefficient (Wildman–Crippen LogP) is 8.10. The molecule has 0 heterocycles. The van der Waals surface area contributed by atoms with Crippen LogP contribution in [0.3, 0.4) is 0 Å². The van der Waals surface area contributed by atoms with Gasteiger partial charge in [0.1, 0.15) is 0 Å². The lowest BCUT2D eigenvalue weighted by Gasteiger charge is -2.45. The zero-order chi connectivity index (χ0) is 35.0. The number of esters is 1. The van der Waals surface area contributed by atoms with Crippen LogP contribution in [0.1, 0.15) is 6.92 Å². The second-order valence-corrected chi connectivity index (χ2v) is 7.54. The van der Waals surface area contributed by atoms with E-state index in [9.17, 15) is 115 Å². The molecule has 1 unspecified atom stereocenters. The average Bonchev–Trinajstić information content (AvgIpc) is 2.75. The van der Waals surface area contributed by atoms with Crippen LogP contribution in [0, 0.1) is 0 Å². The molecule has 0 aliphatic carbocycles. The lowest BCUT2D eigenvalue weighted by Crippen LogP contribution is -2.79. The summed E-state index contributed by atoms with van der Waals surface area (Å²) in [5.41, 5.74) is -8.03. The summed E-state index contributed by atoms with van der Waals surface area (Å²) in [6.45, 7) is -1.53. The third-order valence-electron chi connectivity index (χ3n) is 4.89. The molecule has 0 aromatic carbocycles. The summed E-state index contributed by atoms with van der Waals surface area (Å²) in [4.78, 5) is 11.0. The predicted molar refractivity (Wildman–Crippen MR) is 77.1 cm³/mol. The lowest BCUT2D eigenvalue weighted by molar-refractivity contribution is -0.478. The molecule has 42 heavy (non-hydrogen) atoms. The van der Waals surface area contributed by atoms with Crippen LogP contribution >= 0.6 is 0 Å². The van der Waals surface area contributed by atoms with Crippen molar-refractivity contribution in [3.63, 3.8) is 0 Å². The highest BCUT2D eigenvalue weighted by Crippen LogP contribution is 2.67. The average molecular weight is 692 g/mol. The highest BCUT2D eigenvalue weighted by molar-refractivity contribution is 5.82. The van der Waals surface area contributed by atoms with Gasteiger partial charge in [-0.1, -0.05) is 0 Å². The summed E-state index contributed by atoms with van der Waals surface area (Å²) in [5, 5.41) is 0. The van der Waals surface area contributed by atoms with Crippen LogP contribution < -0.4 is 0 Å². The van der Waals surface area contributed by atoms with E-state index < -0.39 is 83.9 Å². The topological polar surface area (TPSA) is 26.3 Å². The fourth-order valence-electron chi connectivity index (χ4n) is 2.43. The second kappa shape index (κ2) is 9.87. The molecule has 0 bridgehead atoms. The molecule has 0 rings (SSSR count). The molecule has 0 amide bonds. The minimum absolute atomic E-state index is 0.245. The van der Waals surface area contributed by atoms with Crippen molar-refractivity contribution in [3.05, 3.63) is 0 Å². The first-order valence-corrected chi connectivity index (χ1v) is 9.13. The second-order valence-electron chi connectivity index (χ2n) is 7.54. The Morgan fingerprint density at radius 3 is 0.786 bits per heavy atom. The van der Waals surface area contributed by atoms with Crippen molar-refractivity contribution in [1.82, 2.24) is 0 Å². The number of carbonyl (C=O) groups is 1. The zero-order valence-electron chi connectivity index (χ0n) is 18.5. The molecule has 252 valence electrons. The van der Waals surface area contributed by atoms with E-state index in [2.05, 4.69) is 4.74 Å². The maximum absolute atomic E-state index is 14.0. The summed E-state index contributed by atoms with van der Waals surface area (Å²) < 4.78 is 334. The molecule has 0 radical (unpaired) electrons. The number of hydrogen-bond acceptors (Lipinski definition) is 2. The van der Waals surface area contributed by atoms with Crippen LogP contribution in [0.15, 0.2) is 0 Å². The SMILES string of the molecule is CCOC(=O)C(F)(C(F)(F)F)C(F)(F)C(F)(F)C(F)(F)C(F)(F)C(F)(F)C(F)(F)C(F)(F)C(F)(F)C(F)(F)C(F)(F)F. The van der Waals surface area contributed by atoms with E-state index in [1.54, 1.807) is 0 Å². The van der Waals surface area contributed by atoms with Gasteiger partial charge in [-0.2, -0.15) is 105 Å². The van der Waals surface area contributed by atoms with Crippen molar-refractivity contribution < 1.29 is 119 Å². The van der Waals surface area contributed by atoms with Crippen LogP contribution in [0.25, 0.3) is 0 Å². The van der Waals surface area contributed by atoms with Crippen LogP contribution in [0.2, 0.25) is 0 Å². The molecule has 0 saturated carbocycles. The molecule has 0 saturated heterocycles. The van der Waals surface area contributed by atoms with Crippen molar-refractivity contribution in [1.29, 1.82) is 0 Å². The number of alkyl halides is 25. The third-order valence-corrected chi connectivity index (χ3v) is 4.89. The zero-order valence-corrected chi connectivity index (χ0v) is 18.5. The van der Waals surface area contributed by atoms with E-state index in [1.807, 2.05) is 0 Å². The van der Waals surface area contributed by atoms with Crippen molar-refractivity contribution in [2.45, 2.75) is 78.2 Å². The van der Waals surface area contributed by atoms with Gasteiger partial charge in [0.25, 0.3) is 0 Å². The van der Waals surface area contributed by atoms with Crippen molar-refractivity contribution in [2.75, 3.05) is 6.61 Å². The van der Waals surface area contributed by atoms with Gasteiger partial charge < -0.3 is 4.74 Å². The Labute approximate surface area is 211 Å². The van der Waals surface area contributed by atoms with Gasteiger partial charge in [0.05, 0.1) is 6.61 Å². The van der Waals surface area contributed by atoms with E-state index in [0.29, 0.717) is 0 Å². The van der Waals surface area contributed by atoms with E-state index in [0.717, 1.165) is 0 Å². The van der Waals surface area contributed by atoms with Gasteiger partial charge in [0, 0.05) is 0 Å². The molecule has 27 heteroatoms. The molecular formula is C15H5F25O2. The fourth-order valence-corrected chi connectivity index (χ4v) is 2.43. The number of rotatable bonds is 11. The van der Waals surface area contributed by atoms with Gasteiger partial charge in [-0.15, -0.1) is 0 Å². The van der Waals surface area contributed by atoms with Crippen LogP contribution in [0.4, 0.5) is 110 Å². The normalized spacial score (nSPS) is 17.7. The quantitative estimate of drug-likeness (QED) is 0.162. The standard InChI is InChI=1S/C15H5F25O2/c1-2-42-3(41)4(16,14(35,36)37)5(17,18)6(19,20)7(21,22)8(23,24)9(25,26)10(27,28)11(29,30)12(31,32)13(33,34)15(38,39)40/h2H2,1H3. The van der Waals surface area contributed by atoms with Crippen molar-refractivity contribution in [3.8, 4) is 0 Å². The highest BCUT2D eigenvalue weighted by atomic mass is 19.4. The molecule has 0 aromatic heterocycles. The van der Waals surface area contributed by atoms with Gasteiger partial charge in [0.2, 0.25) is 0 Å². The first-order chi connectivity index (χ1) is 17.7. The summed E-state index contributed by atoms with van der Waals surface area (Å²) in [6.07, 6.45) is -16.2. The Bertz CT molecular complexity index is 1000. The van der Waals surface area contributed by atoms with E-state index >= 15 is 0 Å². The number of ether oxygens (including phenoxy) is 1. The Balaban J connectivity index is 7.52. The Morgan fingerprint density at radius 2 is 0.595 bits per heavy atom. The van der Waals surface area contributed by atoms with Gasteiger partial charge >= 0.3 is 77.3 Å². The lowest BCUT2D eigenvalue weighted by atomic mass is 9.82. The fraction of sp³-hybridized carbons (Fsp3) is 0.933. The number of halogens is 25. The molecule has 0 aliphatic heterocycles. The summed E-state index contributed by atoms with van der Waals surface area (Å²) in [6, 6.07) is 0. The van der Waals surface area contributed by atoms with E-state index in [4.69, 9.17) is 0 Å². The number of carbonyl (C=O) groups excluding carboxylic acids is 1. The molecule has 0 N–H and O–H groups in total. The van der Waals surface area contributed by atoms with Crippen LogP contribution in [-0.4, -0.2) is 83.9 Å². The van der Waals surface area contributed by atoms with Crippen LogP contribution in [-0.2, 0) is 9.53 Å². The summed E-state index contributed by atoms with van der Waals surface area (Å²) >= 11 is 0. The highest BCUT2D eigenvalue weighted by Gasteiger charge is 3.00. The Morgan fingerprint density at radius 1 is 0.381 bits per heavy atom. The third kappa shape index (κ3) is 4.55. The minimum atomic E-state index is -9.65. The Hall–Kier alpha value is -2.28. The van der Waals surface area contributed by atoms with Gasteiger partial charge in [-0.3, -0.25) is 0 Å². The summed E-state index contributed by atoms with van der Waals surface area (Å²) in [7, 11) is 0. The van der Waals surface area contributed by atoms with Crippen LogP contribution in [0.5, 0.6) is 0 Å². The van der Waals surface area contributed by atoms with Crippen molar-refractivity contribution in [2.24, 2.45) is 0 Å². The molecular weight excluding hydrogens is 687 g/mol. The molecule has 2 nitrogen and oxygen atoms in total. The number of hydrogen-bond donors (Lipinski definition) is 0. The molecule has 0 fully saturated rings. The molecule has 1 atom stereocenters. The van der Waals surface area contributed by atoms with Gasteiger partial charge in [0.15, 0.2) is 0 Å². The molecule has 0 spiro atoms. The maximum Gasteiger partial charge on any atom is 0.460 e. The van der Waals surface area contributed by atoms with Crippen molar-refractivity contribution >= 4 is 5.97 Å². The van der Waals surface area contributed by atoms with Gasteiger partial charge in [-0.05, 0) is 6.92 Å². The maximum atomic E-state index is 14.0. The smallest absolute Gasteiger partial charge is 0.460 e. The summed E-state index contributed by atoms with van der Waals surface area (Å²) in [5.74, 6) is -88.3. The Kier molecular flexibility index (Phi) is 9.33. The monoisotopic (exact) mass is 692 g/mol. The minimum Gasteiger partial charge on any atom is -0.463 e.